The summed E-state index contributed by atoms with van der Waals surface area (Å²) >= 11 is 0. The van der Waals surface area contributed by atoms with Gasteiger partial charge in [-0.25, -0.2) is 0 Å². The maximum Gasteiger partial charge on any atom is 0.236 e. The average Bonchev–Trinajstić information content (AvgIpc) is 2.47. The summed E-state index contributed by atoms with van der Waals surface area (Å²) in [5.41, 5.74) is 7.22. The second-order valence-electron chi connectivity index (χ2n) is 5.81. The molecule has 21 heavy (non-hydrogen) atoms. The van der Waals surface area contributed by atoms with Crippen LogP contribution >= 0.6 is 0 Å². The van der Waals surface area contributed by atoms with Gasteiger partial charge in [-0.15, -0.1) is 0 Å². The van der Waals surface area contributed by atoms with Gasteiger partial charge in [0.1, 0.15) is 5.25 Å². The van der Waals surface area contributed by atoms with Crippen molar-refractivity contribution in [1.82, 2.24) is 5.32 Å². The Morgan fingerprint density at radius 3 is 2.62 bits per heavy atom. The maximum absolute atomic E-state index is 12.6. The van der Waals surface area contributed by atoms with E-state index in [0.717, 1.165) is 18.4 Å². The van der Waals surface area contributed by atoms with Gasteiger partial charge in [-0.3, -0.25) is 9.00 Å². The molecule has 0 aliphatic heterocycles. The Balaban J connectivity index is 2.02. The van der Waals surface area contributed by atoms with Gasteiger partial charge in [0.05, 0.1) is 10.8 Å². The Labute approximate surface area is 129 Å². The highest BCUT2D eigenvalue weighted by Crippen LogP contribution is 2.21. The van der Waals surface area contributed by atoms with Crippen LogP contribution in [0.2, 0.25) is 0 Å². The summed E-state index contributed by atoms with van der Waals surface area (Å²) in [7, 11) is -1.35. The normalized spacial score (nSPS) is 19.0. The van der Waals surface area contributed by atoms with Crippen LogP contribution < -0.4 is 11.1 Å². The summed E-state index contributed by atoms with van der Waals surface area (Å²) < 4.78 is 12.6. The lowest BCUT2D eigenvalue weighted by Crippen LogP contribution is -2.42. The van der Waals surface area contributed by atoms with Crippen LogP contribution in [0.3, 0.4) is 0 Å². The SMILES string of the molecule is Cc1cc(N)ccc1S(=O)C(C)C(=O)NC1CCCCC1. The topological polar surface area (TPSA) is 72.2 Å². The molecule has 2 atom stereocenters. The standard InChI is InChI=1S/C16H24N2O2S/c1-11-10-13(17)8-9-15(11)21(20)12(2)16(19)18-14-6-4-3-5-7-14/h8-10,12,14H,3-7,17H2,1-2H3,(H,18,19). The van der Waals surface area contributed by atoms with Gasteiger partial charge in [0.25, 0.3) is 0 Å². The van der Waals surface area contributed by atoms with Crippen molar-refractivity contribution < 1.29 is 9.00 Å². The van der Waals surface area contributed by atoms with E-state index in [1.807, 2.05) is 6.92 Å². The highest BCUT2D eigenvalue weighted by Gasteiger charge is 2.25. The van der Waals surface area contributed by atoms with E-state index in [9.17, 15) is 9.00 Å². The predicted octanol–water partition coefficient (Wildman–Crippen LogP) is 2.52. The Morgan fingerprint density at radius 2 is 2.00 bits per heavy atom. The second kappa shape index (κ2) is 7.07. The highest BCUT2D eigenvalue weighted by molar-refractivity contribution is 7.86. The first-order valence-corrected chi connectivity index (χ1v) is 8.77. The van der Waals surface area contributed by atoms with Crippen molar-refractivity contribution in [1.29, 1.82) is 0 Å². The van der Waals surface area contributed by atoms with E-state index in [0.29, 0.717) is 10.6 Å². The van der Waals surface area contributed by atoms with Crippen molar-refractivity contribution in [2.45, 2.75) is 62.1 Å². The minimum Gasteiger partial charge on any atom is -0.399 e. The highest BCUT2D eigenvalue weighted by atomic mass is 32.2. The molecule has 1 aromatic carbocycles. The fraction of sp³-hybridized carbons (Fsp3) is 0.562. The molecule has 1 aliphatic carbocycles. The van der Waals surface area contributed by atoms with E-state index < -0.39 is 16.0 Å². The summed E-state index contributed by atoms with van der Waals surface area (Å²) in [5.74, 6) is -0.114. The Hall–Kier alpha value is -1.36. The first-order chi connectivity index (χ1) is 9.99. The third-order valence-corrected chi connectivity index (χ3v) is 5.81. The molecule has 1 fully saturated rings. The molecule has 1 saturated carbocycles. The van der Waals surface area contributed by atoms with Crippen LogP contribution in [-0.4, -0.2) is 21.4 Å². The van der Waals surface area contributed by atoms with Crippen molar-refractivity contribution in [2.24, 2.45) is 0 Å². The van der Waals surface area contributed by atoms with Crippen molar-refractivity contribution in [2.75, 3.05) is 5.73 Å². The fourth-order valence-electron chi connectivity index (χ4n) is 2.75. The zero-order valence-electron chi connectivity index (χ0n) is 12.7. The Morgan fingerprint density at radius 1 is 1.33 bits per heavy atom. The fourth-order valence-corrected chi connectivity index (χ4v) is 3.97. The number of anilines is 1. The molecule has 0 aromatic heterocycles. The number of rotatable bonds is 4. The lowest BCUT2D eigenvalue weighted by molar-refractivity contribution is -0.121. The Kier molecular flexibility index (Phi) is 5.39. The summed E-state index contributed by atoms with van der Waals surface area (Å²) in [5, 5.41) is 2.50. The van der Waals surface area contributed by atoms with Crippen molar-refractivity contribution in [3.05, 3.63) is 23.8 Å². The molecular weight excluding hydrogens is 284 g/mol. The molecule has 2 unspecified atom stereocenters. The van der Waals surface area contributed by atoms with Gasteiger partial charge in [-0.1, -0.05) is 19.3 Å². The molecule has 116 valence electrons. The van der Waals surface area contributed by atoms with Crippen LogP contribution in [0, 0.1) is 6.92 Å². The number of aryl methyl sites for hydroxylation is 1. The number of hydrogen-bond donors (Lipinski definition) is 2. The third-order valence-electron chi connectivity index (χ3n) is 4.06. The third kappa shape index (κ3) is 4.06. The number of nitrogens with two attached hydrogens (primary N) is 1. The first kappa shape index (κ1) is 16.0. The van der Waals surface area contributed by atoms with Gasteiger partial charge >= 0.3 is 0 Å². The lowest BCUT2D eigenvalue weighted by atomic mass is 9.95. The molecule has 1 aromatic rings. The van der Waals surface area contributed by atoms with Gasteiger partial charge in [0, 0.05) is 16.6 Å². The average molecular weight is 308 g/mol. The maximum atomic E-state index is 12.6. The zero-order valence-corrected chi connectivity index (χ0v) is 13.5. The molecular formula is C16H24N2O2S. The molecule has 2 rings (SSSR count). The minimum absolute atomic E-state index is 0.114. The minimum atomic E-state index is -1.35. The molecule has 5 heteroatoms. The molecule has 0 saturated heterocycles. The van der Waals surface area contributed by atoms with Crippen LogP contribution in [0.15, 0.2) is 23.1 Å². The van der Waals surface area contributed by atoms with Crippen LogP contribution in [0.4, 0.5) is 5.69 Å². The van der Waals surface area contributed by atoms with E-state index in [4.69, 9.17) is 5.73 Å². The molecule has 4 nitrogen and oxygen atoms in total. The number of amides is 1. The number of carbonyl (C=O) groups is 1. The number of nitrogens with one attached hydrogen (secondary N) is 1. The van der Waals surface area contributed by atoms with Gasteiger partial charge in [-0.05, 0) is 50.5 Å². The number of carbonyl (C=O) groups excluding carboxylic acids is 1. The van der Waals surface area contributed by atoms with Crippen molar-refractivity contribution >= 4 is 22.4 Å². The van der Waals surface area contributed by atoms with Gasteiger partial charge in [0.2, 0.25) is 5.91 Å². The molecule has 1 amide bonds. The zero-order chi connectivity index (χ0) is 15.4. The van der Waals surface area contributed by atoms with Crippen molar-refractivity contribution in [3.8, 4) is 0 Å². The number of benzene rings is 1. The number of nitrogen functional groups attached to an aromatic ring is 1. The van der Waals surface area contributed by atoms with Crippen molar-refractivity contribution in [3.63, 3.8) is 0 Å². The molecule has 0 heterocycles. The summed E-state index contributed by atoms with van der Waals surface area (Å²) in [4.78, 5) is 13.0. The van der Waals surface area contributed by atoms with Gasteiger partial charge in [-0.2, -0.15) is 0 Å². The smallest absolute Gasteiger partial charge is 0.236 e. The molecule has 3 N–H and O–H groups in total. The van der Waals surface area contributed by atoms with E-state index in [2.05, 4.69) is 5.32 Å². The largest absolute Gasteiger partial charge is 0.399 e. The molecule has 0 spiro atoms. The van der Waals surface area contributed by atoms with Crippen LogP contribution in [0.1, 0.15) is 44.6 Å². The van der Waals surface area contributed by atoms with E-state index >= 15 is 0 Å². The summed E-state index contributed by atoms with van der Waals surface area (Å²) in [6.45, 7) is 3.60. The predicted molar refractivity (Wildman–Crippen MR) is 86.5 cm³/mol. The lowest BCUT2D eigenvalue weighted by Gasteiger charge is -2.24. The second-order valence-corrected chi connectivity index (χ2v) is 7.55. The molecule has 0 bridgehead atoms. The quantitative estimate of drug-likeness (QED) is 0.840. The van der Waals surface area contributed by atoms with Gasteiger partial charge < -0.3 is 11.1 Å². The molecule has 1 aliphatic rings. The van der Waals surface area contributed by atoms with Crippen LogP contribution in [0.5, 0.6) is 0 Å². The van der Waals surface area contributed by atoms with Crippen LogP contribution in [-0.2, 0) is 15.6 Å². The van der Waals surface area contributed by atoms with E-state index in [1.165, 1.54) is 19.3 Å². The first-order valence-electron chi connectivity index (χ1n) is 7.56. The van der Waals surface area contributed by atoms with E-state index in [1.54, 1.807) is 25.1 Å². The molecule has 0 radical (unpaired) electrons. The summed E-state index contributed by atoms with van der Waals surface area (Å²) in [6.07, 6.45) is 5.65. The van der Waals surface area contributed by atoms with Gasteiger partial charge in [0.15, 0.2) is 0 Å². The van der Waals surface area contributed by atoms with Crippen LogP contribution in [0.25, 0.3) is 0 Å². The monoisotopic (exact) mass is 308 g/mol. The summed E-state index contributed by atoms with van der Waals surface area (Å²) in [6, 6.07) is 5.52. The number of hydrogen-bond acceptors (Lipinski definition) is 3. The van der Waals surface area contributed by atoms with E-state index in [-0.39, 0.29) is 11.9 Å². The Bertz CT molecular complexity index is 539.